The van der Waals surface area contributed by atoms with Gasteiger partial charge in [0, 0.05) is 14.5 Å². The highest BCUT2D eigenvalue weighted by atomic mass is 79.9. The van der Waals surface area contributed by atoms with Gasteiger partial charge in [-0.3, -0.25) is 0 Å². The van der Waals surface area contributed by atoms with E-state index in [0.29, 0.717) is 14.5 Å². The van der Waals surface area contributed by atoms with Gasteiger partial charge >= 0.3 is 0 Å². The van der Waals surface area contributed by atoms with Gasteiger partial charge < -0.3 is 5.73 Å². The molecule has 0 radical (unpaired) electrons. The van der Waals surface area contributed by atoms with Crippen LogP contribution in [-0.2, 0) is 0 Å². The maximum atomic E-state index is 13.4. The van der Waals surface area contributed by atoms with Gasteiger partial charge in [-0.15, -0.1) is 6.58 Å². The molecule has 0 aromatic heterocycles. The molecule has 0 saturated carbocycles. The maximum absolute atomic E-state index is 13.4. The molecule has 13 heavy (non-hydrogen) atoms. The topological polar surface area (TPSA) is 26.0 Å². The Bertz CT molecular complexity index is 315. The van der Waals surface area contributed by atoms with Crippen LogP contribution in [0.4, 0.5) is 4.39 Å². The Labute approximate surface area is 93.1 Å². The van der Waals surface area contributed by atoms with Gasteiger partial charge in [0.15, 0.2) is 0 Å². The van der Waals surface area contributed by atoms with Gasteiger partial charge in [-0.05, 0) is 12.1 Å². The number of benzene rings is 1. The fourth-order valence-corrected chi connectivity index (χ4v) is 2.43. The zero-order chi connectivity index (χ0) is 10.0. The molecule has 0 bridgehead atoms. The highest BCUT2D eigenvalue weighted by Gasteiger charge is 2.13. The van der Waals surface area contributed by atoms with Crippen molar-refractivity contribution in [1.82, 2.24) is 0 Å². The Hall–Kier alpha value is -0.190. The van der Waals surface area contributed by atoms with E-state index in [1.807, 2.05) is 0 Å². The van der Waals surface area contributed by atoms with Crippen molar-refractivity contribution in [2.24, 2.45) is 5.73 Å². The normalized spacial score (nSPS) is 12.6. The molecule has 1 rings (SSSR count). The summed E-state index contributed by atoms with van der Waals surface area (Å²) in [5.74, 6) is -0.339. The van der Waals surface area contributed by atoms with E-state index < -0.39 is 6.04 Å². The molecule has 0 aliphatic rings. The largest absolute Gasteiger partial charge is 0.321 e. The average Bonchev–Trinajstić information content (AvgIpc) is 2.02. The van der Waals surface area contributed by atoms with Crippen molar-refractivity contribution in [1.29, 1.82) is 0 Å². The molecule has 70 valence electrons. The molecule has 1 aromatic carbocycles. The minimum atomic E-state index is -0.484. The molecule has 4 heteroatoms. The molecule has 1 aromatic rings. The van der Waals surface area contributed by atoms with Crippen molar-refractivity contribution in [3.63, 3.8) is 0 Å². The third-order valence-corrected chi connectivity index (χ3v) is 2.75. The summed E-state index contributed by atoms with van der Waals surface area (Å²) < 4.78 is 14.7. The fraction of sp³-hybridized carbons (Fsp3) is 0.111. The van der Waals surface area contributed by atoms with E-state index in [9.17, 15) is 4.39 Å². The third kappa shape index (κ3) is 2.39. The monoisotopic (exact) mass is 307 g/mol. The van der Waals surface area contributed by atoms with E-state index in [-0.39, 0.29) is 5.82 Å². The third-order valence-electron chi connectivity index (χ3n) is 1.63. The zero-order valence-corrected chi connectivity index (χ0v) is 9.90. The van der Waals surface area contributed by atoms with Gasteiger partial charge in [0.05, 0.1) is 6.04 Å². The molecule has 0 aliphatic heterocycles. The van der Waals surface area contributed by atoms with Gasteiger partial charge in [0.25, 0.3) is 0 Å². The zero-order valence-electron chi connectivity index (χ0n) is 6.73. The Kier molecular flexibility index (Phi) is 3.64. The molecule has 1 unspecified atom stereocenters. The molecule has 0 heterocycles. The second kappa shape index (κ2) is 4.35. The van der Waals surface area contributed by atoms with Gasteiger partial charge in [0.2, 0.25) is 0 Å². The molecular formula is C9H8Br2FN. The number of nitrogens with two attached hydrogens (primary N) is 1. The van der Waals surface area contributed by atoms with Crippen LogP contribution >= 0.6 is 31.9 Å². The summed E-state index contributed by atoms with van der Waals surface area (Å²) in [7, 11) is 0. The van der Waals surface area contributed by atoms with Crippen LogP contribution in [0.2, 0.25) is 0 Å². The second-order valence-corrected chi connectivity index (χ2v) is 4.31. The SMILES string of the molecule is C=CC(N)c1c(F)cc(Br)cc1Br. The minimum absolute atomic E-state index is 0.339. The van der Waals surface area contributed by atoms with Crippen LogP contribution < -0.4 is 5.73 Å². The van der Waals surface area contributed by atoms with Gasteiger partial charge in [0.1, 0.15) is 5.82 Å². The number of halogens is 3. The van der Waals surface area contributed by atoms with Crippen molar-refractivity contribution >= 4 is 31.9 Å². The molecule has 1 nitrogen and oxygen atoms in total. The second-order valence-electron chi connectivity index (χ2n) is 2.54. The smallest absolute Gasteiger partial charge is 0.130 e. The summed E-state index contributed by atoms with van der Waals surface area (Å²) >= 11 is 6.42. The summed E-state index contributed by atoms with van der Waals surface area (Å²) in [5.41, 5.74) is 6.07. The molecule has 0 fully saturated rings. The Morgan fingerprint density at radius 2 is 2.08 bits per heavy atom. The Morgan fingerprint density at radius 3 is 2.54 bits per heavy atom. The first kappa shape index (κ1) is 10.9. The van der Waals surface area contributed by atoms with Crippen molar-refractivity contribution in [3.8, 4) is 0 Å². The van der Waals surface area contributed by atoms with Crippen molar-refractivity contribution in [3.05, 3.63) is 45.1 Å². The minimum Gasteiger partial charge on any atom is -0.321 e. The first-order valence-electron chi connectivity index (χ1n) is 3.59. The molecule has 1 atom stereocenters. The number of rotatable bonds is 2. The van der Waals surface area contributed by atoms with Crippen molar-refractivity contribution in [2.75, 3.05) is 0 Å². The van der Waals surface area contributed by atoms with Gasteiger partial charge in [-0.25, -0.2) is 4.39 Å². The number of hydrogen-bond acceptors (Lipinski definition) is 1. The first-order chi connectivity index (χ1) is 6.06. The average molecular weight is 309 g/mol. The van der Waals surface area contributed by atoms with E-state index in [1.54, 1.807) is 6.07 Å². The lowest BCUT2D eigenvalue weighted by atomic mass is 10.1. The molecule has 0 saturated heterocycles. The molecule has 2 N–H and O–H groups in total. The predicted octanol–water partition coefficient (Wildman–Crippen LogP) is 3.54. The Morgan fingerprint density at radius 1 is 1.46 bits per heavy atom. The van der Waals surface area contributed by atoms with E-state index >= 15 is 0 Å². The summed E-state index contributed by atoms with van der Waals surface area (Å²) in [6.07, 6.45) is 1.50. The molecule has 0 amide bonds. The lowest BCUT2D eigenvalue weighted by molar-refractivity contribution is 0.599. The van der Waals surface area contributed by atoms with Crippen LogP contribution in [0.5, 0.6) is 0 Å². The summed E-state index contributed by atoms with van der Waals surface area (Å²) in [5, 5.41) is 0. The molecular weight excluding hydrogens is 301 g/mol. The lowest BCUT2D eigenvalue weighted by Crippen LogP contribution is -2.09. The van der Waals surface area contributed by atoms with Crippen molar-refractivity contribution < 1.29 is 4.39 Å². The summed E-state index contributed by atoms with van der Waals surface area (Å²) in [6, 6.07) is 2.65. The standard InChI is InChI=1S/C9H8Br2FN/c1-2-8(13)9-6(11)3-5(10)4-7(9)12/h2-4,8H,1,13H2. The fourth-order valence-electron chi connectivity index (χ4n) is 0.990. The predicted molar refractivity (Wildman–Crippen MR) is 58.9 cm³/mol. The van der Waals surface area contributed by atoms with E-state index in [2.05, 4.69) is 38.4 Å². The van der Waals surface area contributed by atoms with Crippen molar-refractivity contribution in [2.45, 2.75) is 6.04 Å². The van der Waals surface area contributed by atoms with Crippen LogP contribution in [0.15, 0.2) is 33.7 Å². The lowest BCUT2D eigenvalue weighted by Gasteiger charge is -2.10. The van der Waals surface area contributed by atoms with E-state index in [1.165, 1.54) is 12.1 Å². The highest BCUT2D eigenvalue weighted by molar-refractivity contribution is 9.11. The molecule has 0 aliphatic carbocycles. The van der Waals surface area contributed by atoms with Crippen LogP contribution in [0.25, 0.3) is 0 Å². The first-order valence-corrected chi connectivity index (χ1v) is 5.17. The van der Waals surface area contributed by atoms with E-state index in [4.69, 9.17) is 5.73 Å². The van der Waals surface area contributed by atoms with Gasteiger partial charge in [-0.1, -0.05) is 37.9 Å². The van der Waals surface area contributed by atoms with Crippen LogP contribution in [0.3, 0.4) is 0 Å². The summed E-state index contributed by atoms with van der Waals surface area (Å²) in [4.78, 5) is 0. The van der Waals surface area contributed by atoms with Crippen LogP contribution in [-0.4, -0.2) is 0 Å². The number of hydrogen-bond donors (Lipinski definition) is 1. The van der Waals surface area contributed by atoms with Crippen LogP contribution in [0.1, 0.15) is 11.6 Å². The highest BCUT2D eigenvalue weighted by Crippen LogP contribution is 2.29. The quantitative estimate of drug-likeness (QED) is 0.831. The Balaban J connectivity index is 3.28. The van der Waals surface area contributed by atoms with Crippen LogP contribution in [0, 0.1) is 5.82 Å². The maximum Gasteiger partial charge on any atom is 0.130 e. The van der Waals surface area contributed by atoms with Gasteiger partial charge in [-0.2, -0.15) is 0 Å². The van der Waals surface area contributed by atoms with E-state index in [0.717, 1.165) is 0 Å². The summed E-state index contributed by atoms with van der Waals surface area (Å²) in [6.45, 7) is 3.52. The molecule has 0 spiro atoms.